The molecule has 0 aromatic carbocycles. The fraction of sp³-hybridized carbons (Fsp3) is 0.750. The summed E-state index contributed by atoms with van der Waals surface area (Å²) >= 11 is 0. The lowest BCUT2D eigenvalue weighted by molar-refractivity contribution is 0.227. The summed E-state index contributed by atoms with van der Waals surface area (Å²) in [5, 5.41) is 5.25. The second-order valence-electron chi connectivity index (χ2n) is 10.4. The number of nitrogens with zero attached hydrogens (tertiary/aromatic N) is 1. The smallest absolute Gasteiger partial charge is 0.0487 e. The van der Waals surface area contributed by atoms with E-state index in [0.717, 1.165) is 24.8 Å². The minimum absolute atomic E-state index is 0.709. The van der Waals surface area contributed by atoms with E-state index in [9.17, 15) is 0 Å². The van der Waals surface area contributed by atoms with Crippen LogP contribution in [0.2, 0.25) is 0 Å². The van der Waals surface area contributed by atoms with Crippen LogP contribution in [0, 0.1) is 11.8 Å². The van der Waals surface area contributed by atoms with Gasteiger partial charge in [-0.25, -0.2) is 0 Å². The van der Waals surface area contributed by atoms with Gasteiger partial charge in [-0.15, -0.1) is 0 Å². The van der Waals surface area contributed by atoms with Crippen molar-refractivity contribution in [2.75, 3.05) is 6.54 Å². The van der Waals surface area contributed by atoms with Crippen LogP contribution in [-0.4, -0.2) is 22.6 Å². The number of fused-ring (bicyclic) bond motifs is 1. The van der Waals surface area contributed by atoms with Crippen molar-refractivity contribution in [3.8, 4) is 0 Å². The maximum atomic E-state index is 4.32. The second-order valence-corrected chi connectivity index (χ2v) is 10.4. The topological polar surface area (TPSA) is 40.7 Å². The van der Waals surface area contributed by atoms with Gasteiger partial charge in [0.1, 0.15) is 0 Å². The zero-order valence-corrected chi connectivity index (χ0v) is 19.7. The molecular weight excluding hydrogens is 378 g/mol. The molecule has 2 unspecified atom stereocenters. The van der Waals surface area contributed by atoms with Crippen molar-refractivity contribution in [1.82, 2.24) is 15.3 Å². The summed E-state index contributed by atoms with van der Waals surface area (Å²) < 4.78 is 0. The third-order valence-corrected chi connectivity index (χ3v) is 8.23. The van der Waals surface area contributed by atoms with Gasteiger partial charge in [0.2, 0.25) is 0 Å². The Morgan fingerprint density at radius 3 is 2.16 bits per heavy atom. The Morgan fingerprint density at radius 2 is 1.42 bits per heavy atom. The van der Waals surface area contributed by atoms with Crippen LogP contribution >= 0.6 is 0 Å². The van der Waals surface area contributed by atoms with E-state index in [1.165, 1.54) is 119 Å². The molecule has 3 nitrogen and oxygen atoms in total. The quantitative estimate of drug-likeness (QED) is 0.521. The van der Waals surface area contributed by atoms with Crippen LogP contribution in [0.1, 0.15) is 108 Å². The van der Waals surface area contributed by atoms with Crippen LogP contribution in [0.15, 0.2) is 24.7 Å². The Labute approximate surface area is 190 Å². The molecule has 0 radical (unpaired) electrons. The van der Waals surface area contributed by atoms with E-state index in [1.54, 1.807) is 0 Å². The summed E-state index contributed by atoms with van der Waals surface area (Å²) in [6, 6.07) is 2.78. The number of aromatic amines is 1. The number of hydrogen-bond acceptors (Lipinski definition) is 2. The first-order chi connectivity index (χ1) is 15.4. The average molecular weight is 424 g/mol. The molecule has 31 heavy (non-hydrogen) atoms. The fourth-order valence-corrected chi connectivity index (χ4v) is 6.30. The summed E-state index contributed by atoms with van der Waals surface area (Å²) in [5.41, 5.74) is 2.61. The SMILES string of the molecule is c1cc2[nH]cc(CCNC3CCCCCCC(C4CCCCCCCC4)CC3)c2cn1. The standard InChI is InChI=1S/C28H45N3/c1-2-4-8-12-23(11-7-3-1)24-13-9-5-6-10-14-26(16-15-24)30-20-17-25-21-31-28-18-19-29-22-27(25)28/h18-19,21-24,26,30-31H,1-17,20H2. The van der Waals surface area contributed by atoms with Crippen molar-refractivity contribution in [3.05, 3.63) is 30.2 Å². The van der Waals surface area contributed by atoms with Crippen LogP contribution in [0.3, 0.4) is 0 Å². The van der Waals surface area contributed by atoms with Crippen LogP contribution in [-0.2, 0) is 6.42 Å². The molecule has 0 bridgehead atoms. The number of nitrogens with one attached hydrogen (secondary N) is 2. The number of pyridine rings is 1. The van der Waals surface area contributed by atoms with Crippen molar-refractivity contribution >= 4 is 10.9 Å². The van der Waals surface area contributed by atoms with E-state index in [2.05, 4.69) is 27.5 Å². The molecule has 0 aliphatic heterocycles. The highest BCUT2D eigenvalue weighted by molar-refractivity contribution is 5.81. The summed E-state index contributed by atoms with van der Waals surface area (Å²) in [6.07, 6.45) is 30.6. The maximum Gasteiger partial charge on any atom is 0.0487 e. The zero-order chi connectivity index (χ0) is 21.1. The molecule has 2 N–H and O–H groups in total. The van der Waals surface area contributed by atoms with Crippen LogP contribution < -0.4 is 5.32 Å². The molecule has 2 aromatic rings. The number of H-pyrrole nitrogens is 1. The van der Waals surface area contributed by atoms with Gasteiger partial charge in [0.05, 0.1) is 0 Å². The third kappa shape index (κ3) is 7.07. The highest BCUT2D eigenvalue weighted by atomic mass is 14.9. The fourth-order valence-electron chi connectivity index (χ4n) is 6.30. The summed E-state index contributed by atoms with van der Waals surface area (Å²) in [7, 11) is 0. The molecule has 2 aliphatic carbocycles. The monoisotopic (exact) mass is 423 g/mol. The minimum Gasteiger partial charge on any atom is -0.361 e. The molecule has 2 aliphatic rings. The van der Waals surface area contributed by atoms with E-state index in [4.69, 9.17) is 0 Å². The van der Waals surface area contributed by atoms with E-state index in [1.807, 2.05) is 12.4 Å². The van der Waals surface area contributed by atoms with Gasteiger partial charge < -0.3 is 10.3 Å². The van der Waals surface area contributed by atoms with Gasteiger partial charge in [-0.05, 0) is 55.7 Å². The molecule has 0 spiro atoms. The summed E-state index contributed by atoms with van der Waals surface area (Å²) in [6.45, 7) is 1.08. The molecule has 3 heteroatoms. The van der Waals surface area contributed by atoms with Gasteiger partial charge in [-0.2, -0.15) is 0 Å². The lowest BCUT2D eigenvalue weighted by Gasteiger charge is -2.30. The molecule has 2 atom stereocenters. The van der Waals surface area contributed by atoms with Crippen LogP contribution in [0.4, 0.5) is 0 Å². The summed E-state index contributed by atoms with van der Waals surface area (Å²) in [4.78, 5) is 7.71. The molecule has 2 saturated carbocycles. The van der Waals surface area contributed by atoms with Crippen molar-refractivity contribution in [3.63, 3.8) is 0 Å². The predicted molar refractivity (Wildman–Crippen MR) is 132 cm³/mol. The number of rotatable bonds is 5. The molecule has 4 rings (SSSR count). The Kier molecular flexibility index (Phi) is 9.30. The van der Waals surface area contributed by atoms with Gasteiger partial charge in [0, 0.05) is 35.5 Å². The van der Waals surface area contributed by atoms with E-state index < -0.39 is 0 Å². The first-order valence-electron chi connectivity index (χ1n) is 13.5. The Bertz CT molecular complexity index is 742. The molecule has 0 amide bonds. The summed E-state index contributed by atoms with van der Waals surface area (Å²) in [5.74, 6) is 2.00. The van der Waals surface area contributed by atoms with Crippen molar-refractivity contribution in [1.29, 1.82) is 0 Å². The molecule has 2 aromatic heterocycles. The van der Waals surface area contributed by atoms with Gasteiger partial charge in [0.25, 0.3) is 0 Å². The average Bonchev–Trinajstić information content (AvgIpc) is 3.26. The van der Waals surface area contributed by atoms with Gasteiger partial charge in [-0.1, -0.05) is 83.5 Å². The van der Waals surface area contributed by atoms with Crippen LogP contribution in [0.25, 0.3) is 10.9 Å². The van der Waals surface area contributed by atoms with Crippen molar-refractivity contribution in [2.45, 2.75) is 115 Å². The van der Waals surface area contributed by atoms with E-state index in [0.29, 0.717) is 6.04 Å². The van der Waals surface area contributed by atoms with Crippen molar-refractivity contribution < 1.29 is 0 Å². The Morgan fingerprint density at radius 1 is 0.774 bits per heavy atom. The number of hydrogen-bond donors (Lipinski definition) is 2. The number of aromatic nitrogens is 2. The largest absolute Gasteiger partial charge is 0.361 e. The minimum atomic E-state index is 0.709. The van der Waals surface area contributed by atoms with Crippen molar-refractivity contribution in [2.24, 2.45) is 11.8 Å². The van der Waals surface area contributed by atoms with Crippen LogP contribution in [0.5, 0.6) is 0 Å². The van der Waals surface area contributed by atoms with Gasteiger partial charge >= 0.3 is 0 Å². The van der Waals surface area contributed by atoms with E-state index in [-0.39, 0.29) is 0 Å². The third-order valence-electron chi connectivity index (χ3n) is 8.23. The molecule has 172 valence electrons. The molecule has 2 fully saturated rings. The molecule has 0 saturated heterocycles. The lowest BCUT2D eigenvalue weighted by atomic mass is 9.77. The second kappa shape index (κ2) is 12.6. The molecule has 2 heterocycles. The van der Waals surface area contributed by atoms with Gasteiger partial charge in [-0.3, -0.25) is 4.98 Å². The predicted octanol–water partition coefficient (Wildman–Crippen LogP) is 7.56. The normalized spacial score (nSPS) is 25.5. The highest BCUT2D eigenvalue weighted by Gasteiger charge is 2.23. The first kappa shape index (κ1) is 22.8. The maximum absolute atomic E-state index is 4.32. The van der Waals surface area contributed by atoms with Gasteiger partial charge in [0.15, 0.2) is 0 Å². The highest BCUT2D eigenvalue weighted by Crippen LogP contribution is 2.35. The Balaban J connectivity index is 1.29. The first-order valence-corrected chi connectivity index (χ1v) is 13.5. The Hall–Kier alpha value is -1.35. The zero-order valence-electron chi connectivity index (χ0n) is 19.7. The lowest BCUT2D eigenvalue weighted by Crippen LogP contribution is -2.32. The van der Waals surface area contributed by atoms with E-state index >= 15 is 0 Å². The molecular formula is C28H45N3.